The first kappa shape index (κ1) is 13.4. The minimum absolute atomic E-state index is 0.123. The Morgan fingerprint density at radius 1 is 1.21 bits per heavy atom. The van der Waals surface area contributed by atoms with Gasteiger partial charge in [-0.05, 0) is 23.4 Å². The Kier molecular flexibility index (Phi) is 4.02. The van der Waals surface area contributed by atoms with Crippen LogP contribution in [0.25, 0.3) is 10.8 Å². The Morgan fingerprint density at radius 3 is 2.53 bits per heavy atom. The van der Waals surface area contributed by atoms with E-state index in [0.29, 0.717) is 12.1 Å². The molecule has 0 radical (unpaired) electrons. The Bertz CT molecular complexity index is 595. The van der Waals surface area contributed by atoms with Crippen LogP contribution in [0.5, 0.6) is 0 Å². The van der Waals surface area contributed by atoms with Crippen molar-refractivity contribution in [2.24, 2.45) is 5.92 Å². The molecule has 0 bridgehead atoms. The van der Waals surface area contributed by atoms with Crippen molar-refractivity contribution in [2.75, 3.05) is 18.5 Å². The fourth-order valence-electron chi connectivity index (χ4n) is 1.99. The molecule has 19 heavy (non-hydrogen) atoms. The maximum absolute atomic E-state index is 11.2. The van der Waals surface area contributed by atoms with E-state index in [-0.39, 0.29) is 12.5 Å². The molecule has 0 spiro atoms. The molecule has 0 amide bonds. The highest BCUT2D eigenvalue weighted by Crippen LogP contribution is 2.26. The first-order chi connectivity index (χ1) is 9.13. The lowest BCUT2D eigenvalue weighted by Crippen LogP contribution is -2.14. The van der Waals surface area contributed by atoms with Gasteiger partial charge in [0.25, 0.3) is 0 Å². The normalized spacial score (nSPS) is 12.3. The van der Waals surface area contributed by atoms with Gasteiger partial charge in [-0.3, -0.25) is 0 Å². The molecule has 2 aromatic rings. The third kappa shape index (κ3) is 2.85. The van der Waals surface area contributed by atoms with Gasteiger partial charge in [0.05, 0.1) is 5.56 Å². The predicted molar refractivity (Wildman–Crippen MR) is 75.6 cm³/mol. The highest BCUT2D eigenvalue weighted by molar-refractivity contribution is 6.07. The summed E-state index contributed by atoms with van der Waals surface area (Å²) < 4.78 is 0. The van der Waals surface area contributed by atoms with Gasteiger partial charge >= 0.3 is 5.97 Å². The summed E-state index contributed by atoms with van der Waals surface area (Å²) in [6.07, 6.45) is 0. The van der Waals surface area contributed by atoms with Crippen molar-refractivity contribution in [2.45, 2.75) is 6.92 Å². The van der Waals surface area contributed by atoms with Crippen LogP contribution in [0.15, 0.2) is 36.4 Å². The lowest BCUT2D eigenvalue weighted by atomic mass is 10.0. The molecule has 4 nitrogen and oxygen atoms in total. The Hall–Kier alpha value is -2.07. The quantitative estimate of drug-likeness (QED) is 0.772. The van der Waals surface area contributed by atoms with Crippen molar-refractivity contribution < 1.29 is 15.0 Å². The van der Waals surface area contributed by atoms with Crippen LogP contribution in [-0.4, -0.2) is 29.3 Å². The molecule has 0 aliphatic carbocycles. The first-order valence-corrected chi connectivity index (χ1v) is 6.23. The molecule has 1 unspecified atom stereocenters. The lowest BCUT2D eigenvalue weighted by Gasteiger charge is -2.14. The second kappa shape index (κ2) is 5.71. The van der Waals surface area contributed by atoms with E-state index in [4.69, 9.17) is 5.11 Å². The van der Waals surface area contributed by atoms with Crippen molar-refractivity contribution in [1.82, 2.24) is 0 Å². The highest BCUT2D eigenvalue weighted by Gasteiger charge is 2.11. The standard InChI is InChI=1S/C15H17NO3/c1-10(9-17)8-16-14-7-6-13(15(18)19)11-4-2-3-5-12(11)14/h2-7,10,16-17H,8-9H2,1H3,(H,18,19). The molecular formula is C15H17NO3. The van der Waals surface area contributed by atoms with Gasteiger partial charge in [0.15, 0.2) is 0 Å². The molecule has 0 aliphatic rings. The average Bonchev–Trinajstić information content (AvgIpc) is 2.43. The summed E-state index contributed by atoms with van der Waals surface area (Å²) in [7, 11) is 0. The maximum Gasteiger partial charge on any atom is 0.336 e. The molecule has 0 aliphatic heterocycles. The number of nitrogens with one attached hydrogen (secondary N) is 1. The molecule has 0 saturated heterocycles. The number of rotatable bonds is 5. The summed E-state index contributed by atoms with van der Waals surface area (Å²) in [5.74, 6) is -0.774. The summed E-state index contributed by atoms with van der Waals surface area (Å²) >= 11 is 0. The van der Waals surface area contributed by atoms with Crippen LogP contribution in [0.4, 0.5) is 5.69 Å². The number of carboxylic acids is 1. The van der Waals surface area contributed by atoms with E-state index in [1.165, 1.54) is 0 Å². The average molecular weight is 259 g/mol. The van der Waals surface area contributed by atoms with E-state index in [1.54, 1.807) is 18.2 Å². The van der Waals surface area contributed by atoms with E-state index in [9.17, 15) is 9.90 Å². The molecule has 0 heterocycles. The van der Waals surface area contributed by atoms with Gasteiger partial charge in [0, 0.05) is 24.2 Å². The Morgan fingerprint density at radius 2 is 1.89 bits per heavy atom. The van der Waals surface area contributed by atoms with Gasteiger partial charge < -0.3 is 15.5 Å². The molecular weight excluding hydrogens is 242 g/mol. The predicted octanol–water partition coefficient (Wildman–Crippen LogP) is 2.58. The van der Waals surface area contributed by atoms with E-state index in [1.807, 2.05) is 25.1 Å². The Labute approximate surface area is 111 Å². The van der Waals surface area contributed by atoms with Crippen molar-refractivity contribution in [3.05, 3.63) is 42.0 Å². The molecule has 0 aromatic heterocycles. The fourth-order valence-corrected chi connectivity index (χ4v) is 1.99. The minimum atomic E-state index is -0.925. The van der Waals surface area contributed by atoms with Crippen molar-refractivity contribution in [1.29, 1.82) is 0 Å². The summed E-state index contributed by atoms with van der Waals surface area (Å²) in [6.45, 7) is 2.71. The second-order valence-corrected chi connectivity index (χ2v) is 4.68. The molecule has 0 fully saturated rings. The third-order valence-corrected chi connectivity index (χ3v) is 3.11. The van der Waals surface area contributed by atoms with Crippen LogP contribution in [0, 0.1) is 5.92 Å². The number of fused-ring (bicyclic) bond motifs is 1. The smallest absolute Gasteiger partial charge is 0.336 e. The van der Waals surface area contributed by atoms with Crippen molar-refractivity contribution >= 4 is 22.4 Å². The number of aliphatic hydroxyl groups excluding tert-OH is 1. The lowest BCUT2D eigenvalue weighted by molar-refractivity contribution is 0.0699. The van der Waals surface area contributed by atoms with Gasteiger partial charge in [-0.2, -0.15) is 0 Å². The molecule has 2 aromatic carbocycles. The minimum Gasteiger partial charge on any atom is -0.478 e. The number of aliphatic hydroxyl groups is 1. The van der Waals surface area contributed by atoms with E-state index < -0.39 is 5.97 Å². The molecule has 100 valence electrons. The zero-order chi connectivity index (χ0) is 13.8. The van der Waals surface area contributed by atoms with Crippen LogP contribution in [-0.2, 0) is 0 Å². The SMILES string of the molecule is CC(CO)CNc1ccc(C(=O)O)c2ccccc12. The molecule has 0 saturated carbocycles. The van der Waals surface area contributed by atoms with Gasteiger partial charge in [0.2, 0.25) is 0 Å². The monoisotopic (exact) mass is 259 g/mol. The maximum atomic E-state index is 11.2. The van der Waals surface area contributed by atoms with Crippen LogP contribution in [0.3, 0.4) is 0 Å². The van der Waals surface area contributed by atoms with E-state index in [2.05, 4.69) is 5.32 Å². The van der Waals surface area contributed by atoms with Crippen molar-refractivity contribution in [3.8, 4) is 0 Å². The number of benzene rings is 2. The summed E-state index contributed by atoms with van der Waals surface area (Å²) in [4.78, 5) is 11.2. The Balaban J connectivity index is 2.41. The van der Waals surface area contributed by atoms with Gasteiger partial charge in [-0.1, -0.05) is 31.2 Å². The fraction of sp³-hybridized carbons (Fsp3) is 0.267. The highest BCUT2D eigenvalue weighted by atomic mass is 16.4. The third-order valence-electron chi connectivity index (χ3n) is 3.11. The number of carbonyl (C=O) groups is 1. The van der Waals surface area contributed by atoms with Crippen LogP contribution in [0.2, 0.25) is 0 Å². The number of anilines is 1. The van der Waals surface area contributed by atoms with Crippen LogP contribution in [0.1, 0.15) is 17.3 Å². The summed E-state index contributed by atoms with van der Waals surface area (Å²) in [6, 6.07) is 10.8. The zero-order valence-corrected chi connectivity index (χ0v) is 10.8. The van der Waals surface area contributed by atoms with Crippen LogP contribution < -0.4 is 5.32 Å². The number of aromatic carboxylic acids is 1. The second-order valence-electron chi connectivity index (χ2n) is 4.68. The van der Waals surface area contributed by atoms with Gasteiger partial charge in [-0.25, -0.2) is 4.79 Å². The van der Waals surface area contributed by atoms with E-state index >= 15 is 0 Å². The summed E-state index contributed by atoms with van der Waals surface area (Å²) in [5.41, 5.74) is 1.19. The van der Waals surface area contributed by atoms with E-state index in [0.717, 1.165) is 16.5 Å². The topological polar surface area (TPSA) is 69.6 Å². The molecule has 1 atom stereocenters. The zero-order valence-electron chi connectivity index (χ0n) is 10.8. The number of carboxylic acid groups (broad SMARTS) is 1. The molecule has 2 rings (SSSR count). The summed E-state index contributed by atoms with van der Waals surface area (Å²) in [5, 5.41) is 23.1. The number of hydrogen-bond acceptors (Lipinski definition) is 3. The first-order valence-electron chi connectivity index (χ1n) is 6.23. The largest absolute Gasteiger partial charge is 0.478 e. The van der Waals surface area contributed by atoms with Gasteiger partial charge in [0.1, 0.15) is 0 Å². The van der Waals surface area contributed by atoms with Crippen molar-refractivity contribution in [3.63, 3.8) is 0 Å². The number of hydrogen-bond donors (Lipinski definition) is 3. The molecule has 3 N–H and O–H groups in total. The van der Waals surface area contributed by atoms with Crippen LogP contribution >= 0.6 is 0 Å². The van der Waals surface area contributed by atoms with Gasteiger partial charge in [-0.15, -0.1) is 0 Å². The molecule has 4 heteroatoms.